The van der Waals surface area contributed by atoms with E-state index in [2.05, 4.69) is 4.98 Å². The summed E-state index contributed by atoms with van der Waals surface area (Å²) in [6.45, 7) is 0.420. The Bertz CT molecular complexity index is 1080. The summed E-state index contributed by atoms with van der Waals surface area (Å²) in [6, 6.07) is 21.5. The van der Waals surface area contributed by atoms with E-state index in [0.717, 1.165) is 43.1 Å². The molecule has 7 heteroatoms. The van der Waals surface area contributed by atoms with E-state index in [1.54, 1.807) is 22.9 Å². The number of nitrogens with zero attached hydrogens (tertiary/aromatic N) is 3. The van der Waals surface area contributed by atoms with Crippen molar-refractivity contribution in [1.82, 2.24) is 9.97 Å². The molecule has 0 saturated heterocycles. The van der Waals surface area contributed by atoms with Gasteiger partial charge in [-0.05, 0) is 60.7 Å². The second kappa shape index (κ2) is 10.1. The lowest BCUT2D eigenvalue weighted by Crippen LogP contribution is -2.30. The number of benzene rings is 2. The fraction of sp³-hybridized carbons (Fsp3) is 0.174. The van der Waals surface area contributed by atoms with Gasteiger partial charge in [-0.3, -0.25) is 14.7 Å². The van der Waals surface area contributed by atoms with Gasteiger partial charge in [0.2, 0.25) is 5.91 Å². The molecule has 0 atom stereocenters. The first-order chi connectivity index (χ1) is 14.7. The van der Waals surface area contributed by atoms with Gasteiger partial charge in [0.15, 0.2) is 5.13 Å². The third-order valence-electron chi connectivity index (χ3n) is 4.48. The van der Waals surface area contributed by atoms with Crippen LogP contribution in [0.15, 0.2) is 77.8 Å². The number of anilines is 1. The Morgan fingerprint density at radius 3 is 2.60 bits per heavy atom. The van der Waals surface area contributed by atoms with Crippen LogP contribution in [0, 0.1) is 0 Å². The van der Waals surface area contributed by atoms with Gasteiger partial charge in [-0.15, -0.1) is 11.8 Å². The molecule has 4 nitrogen and oxygen atoms in total. The van der Waals surface area contributed by atoms with Crippen LogP contribution in [0.3, 0.4) is 0 Å². The van der Waals surface area contributed by atoms with Crippen molar-refractivity contribution in [2.75, 3.05) is 10.7 Å². The molecule has 30 heavy (non-hydrogen) atoms. The highest BCUT2D eigenvalue weighted by Crippen LogP contribution is 2.30. The summed E-state index contributed by atoms with van der Waals surface area (Å²) in [5.41, 5.74) is 1.76. The Morgan fingerprint density at radius 2 is 1.83 bits per heavy atom. The molecule has 0 spiro atoms. The van der Waals surface area contributed by atoms with Gasteiger partial charge >= 0.3 is 0 Å². The van der Waals surface area contributed by atoms with Gasteiger partial charge in [0.05, 0.1) is 22.5 Å². The summed E-state index contributed by atoms with van der Waals surface area (Å²) in [5, 5.41) is 1.45. The Labute approximate surface area is 188 Å². The quantitative estimate of drug-likeness (QED) is 0.227. The number of halogens is 1. The zero-order chi connectivity index (χ0) is 20.8. The topological polar surface area (TPSA) is 46.1 Å². The van der Waals surface area contributed by atoms with Crippen LogP contribution in [-0.2, 0) is 11.3 Å². The molecular weight excluding hydrogens is 434 g/mol. The number of amides is 1. The smallest absolute Gasteiger partial charge is 0.229 e. The maximum absolute atomic E-state index is 13.1. The lowest BCUT2D eigenvalue weighted by atomic mass is 10.2. The summed E-state index contributed by atoms with van der Waals surface area (Å²) in [5.74, 6) is 0.932. The molecule has 2 aromatic heterocycles. The van der Waals surface area contributed by atoms with Crippen molar-refractivity contribution in [3.05, 3.63) is 83.6 Å². The van der Waals surface area contributed by atoms with Crippen LogP contribution in [0.25, 0.3) is 10.2 Å². The summed E-state index contributed by atoms with van der Waals surface area (Å²) in [4.78, 5) is 25.1. The second-order valence-electron chi connectivity index (χ2n) is 6.67. The molecule has 2 heterocycles. The van der Waals surface area contributed by atoms with Gasteiger partial charge in [-0.25, -0.2) is 4.98 Å². The van der Waals surface area contributed by atoms with Gasteiger partial charge in [-0.2, -0.15) is 0 Å². The molecule has 4 aromatic rings. The third-order valence-corrected chi connectivity index (χ3v) is 6.89. The number of fused-ring (bicyclic) bond motifs is 1. The number of thioether (sulfide) groups is 1. The van der Waals surface area contributed by atoms with Gasteiger partial charge in [-0.1, -0.05) is 41.1 Å². The normalized spacial score (nSPS) is 11.0. The molecule has 2 aromatic carbocycles. The number of carbonyl (C=O) groups is 1. The van der Waals surface area contributed by atoms with Crippen LogP contribution < -0.4 is 4.90 Å². The number of hydrogen-bond acceptors (Lipinski definition) is 5. The van der Waals surface area contributed by atoms with Gasteiger partial charge in [0.1, 0.15) is 0 Å². The summed E-state index contributed by atoms with van der Waals surface area (Å²) < 4.78 is 1.07. The molecule has 0 N–H and O–H groups in total. The van der Waals surface area contributed by atoms with E-state index in [1.165, 1.54) is 11.3 Å². The molecule has 0 saturated carbocycles. The molecule has 152 valence electrons. The van der Waals surface area contributed by atoms with Gasteiger partial charge in [0.25, 0.3) is 0 Å². The highest BCUT2D eigenvalue weighted by Gasteiger charge is 2.20. The Hall–Kier alpha value is -2.41. The van der Waals surface area contributed by atoms with Crippen LogP contribution in [-0.4, -0.2) is 21.6 Å². The van der Waals surface area contributed by atoms with E-state index in [0.29, 0.717) is 13.0 Å². The summed E-state index contributed by atoms with van der Waals surface area (Å²) in [7, 11) is 0. The van der Waals surface area contributed by atoms with Crippen LogP contribution >= 0.6 is 34.7 Å². The number of rotatable bonds is 8. The van der Waals surface area contributed by atoms with Crippen molar-refractivity contribution < 1.29 is 4.79 Å². The van der Waals surface area contributed by atoms with Gasteiger partial charge in [0, 0.05) is 22.5 Å². The SMILES string of the molecule is O=C(CCCSc1ccc(Cl)cc1)N(Cc1ccccn1)c1nc2ccccc2s1. The summed E-state index contributed by atoms with van der Waals surface area (Å²) in [6.07, 6.45) is 3.00. The van der Waals surface area contributed by atoms with E-state index in [9.17, 15) is 4.79 Å². The van der Waals surface area contributed by atoms with Crippen molar-refractivity contribution >= 4 is 56.0 Å². The maximum atomic E-state index is 13.1. The Balaban J connectivity index is 1.44. The molecule has 0 aliphatic carbocycles. The van der Waals surface area contributed by atoms with Crippen LogP contribution in [0.2, 0.25) is 5.02 Å². The molecule has 0 aliphatic rings. The molecule has 0 fully saturated rings. The summed E-state index contributed by atoms with van der Waals surface area (Å²) >= 11 is 9.20. The maximum Gasteiger partial charge on any atom is 0.229 e. The van der Waals surface area contributed by atoms with Crippen molar-refractivity contribution in [2.24, 2.45) is 0 Å². The average Bonchev–Trinajstić information content (AvgIpc) is 3.21. The molecule has 0 radical (unpaired) electrons. The Kier molecular flexibility index (Phi) is 7.00. The molecule has 0 unspecified atom stereocenters. The lowest BCUT2D eigenvalue weighted by molar-refractivity contribution is -0.118. The van der Waals surface area contributed by atoms with E-state index in [1.807, 2.05) is 66.7 Å². The second-order valence-corrected chi connectivity index (χ2v) is 9.28. The molecule has 0 aliphatic heterocycles. The number of hydrogen-bond donors (Lipinski definition) is 0. The number of para-hydroxylation sites is 1. The lowest BCUT2D eigenvalue weighted by Gasteiger charge is -2.19. The van der Waals surface area contributed by atoms with Crippen molar-refractivity contribution in [2.45, 2.75) is 24.3 Å². The van der Waals surface area contributed by atoms with Crippen LogP contribution in [0.1, 0.15) is 18.5 Å². The third kappa shape index (κ3) is 5.39. The Morgan fingerprint density at radius 1 is 1.03 bits per heavy atom. The predicted octanol–water partition coefficient (Wildman–Crippen LogP) is 6.45. The van der Waals surface area contributed by atoms with E-state index < -0.39 is 0 Å². The van der Waals surface area contributed by atoms with Crippen molar-refractivity contribution in [3.63, 3.8) is 0 Å². The fourth-order valence-electron chi connectivity index (χ4n) is 2.97. The van der Waals surface area contributed by atoms with Crippen molar-refractivity contribution in [1.29, 1.82) is 0 Å². The zero-order valence-corrected chi connectivity index (χ0v) is 18.6. The average molecular weight is 454 g/mol. The van der Waals surface area contributed by atoms with Crippen LogP contribution in [0.5, 0.6) is 0 Å². The minimum absolute atomic E-state index is 0.0661. The molecular formula is C23H20ClN3OS2. The first-order valence-electron chi connectivity index (χ1n) is 9.63. The fourth-order valence-corrected chi connectivity index (χ4v) is 4.93. The minimum atomic E-state index is 0.0661. The highest BCUT2D eigenvalue weighted by atomic mass is 35.5. The van der Waals surface area contributed by atoms with Gasteiger partial charge < -0.3 is 0 Å². The number of carbonyl (C=O) groups excluding carboxylic acids is 1. The van der Waals surface area contributed by atoms with Crippen molar-refractivity contribution in [3.8, 4) is 0 Å². The van der Waals surface area contributed by atoms with E-state index >= 15 is 0 Å². The molecule has 1 amide bonds. The molecule has 0 bridgehead atoms. The first kappa shape index (κ1) is 20.8. The van der Waals surface area contributed by atoms with E-state index in [4.69, 9.17) is 16.6 Å². The number of aromatic nitrogens is 2. The number of thiazole rings is 1. The molecule has 4 rings (SSSR count). The monoisotopic (exact) mass is 453 g/mol. The first-order valence-corrected chi connectivity index (χ1v) is 11.8. The van der Waals surface area contributed by atoms with Crippen LogP contribution in [0.4, 0.5) is 5.13 Å². The minimum Gasteiger partial charge on any atom is -0.282 e. The zero-order valence-electron chi connectivity index (χ0n) is 16.2. The van der Waals surface area contributed by atoms with E-state index in [-0.39, 0.29) is 5.91 Å². The largest absolute Gasteiger partial charge is 0.282 e. The number of pyridine rings is 1. The highest BCUT2D eigenvalue weighted by molar-refractivity contribution is 7.99. The standard InChI is InChI=1S/C23H20ClN3OS2/c24-17-10-12-19(13-11-17)29-15-5-9-22(28)27(16-18-6-3-4-14-25-18)23-26-20-7-1-2-8-21(20)30-23/h1-4,6-8,10-14H,5,9,15-16H2. The predicted molar refractivity (Wildman–Crippen MR) is 126 cm³/mol.